The summed E-state index contributed by atoms with van der Waals surface area (Å²) in [5, 5.41) is 4.19. The summed E-state index contributed by atoms with van der Waals surface area (Å²) in [4.78, 5) is 15.2. The first-order valence-electron chi connectivity index (χ1n) is 18.7. The molecule has 11 rings (SSSR count). The number of benzene rings is 8. The molecule has 0 N–H and O–H groups in total. The minimum atomic E-state index is 0.592. The van der Waals surface area contributed by atoms with E-state index in [1.165, 1.54) is 11.1 Å². The molecule has 0 saturated heterocycles. The molecule has 0 amide bonds. The van der Waals surface area contributed by atoms with Crippen molar-refractivity contribution in [1.29, 1.82) is 0 Å². The Morgan fingerprint density at radius 1 is 0.268 bits per heavy atom. The lowest BCUT2D eigenvalue weighted by molar-refractivity contribution is 0.668. The molecular weight excluding hydrogens is 687 g/mol. The Bertz CT molecular complexity index is 3240. The van der Waals surface area contributed by atoms with E-state index in [0.29, 0.717) is 17.5 Å². The van der Waals surface area contributed by atoms with Gasteiger partial charge in [-0.15, -0.1) is 0 Å². The fourth-order valence-electron chi connectivity index (χ4n) is 7.86. The van der Waals surface area contributed by atoms with E-state index in [4.69, 9.17) is 23.8 Å². The van der Waals surface area contributed by atoms with Gasteiger partial charge in [-0.25, -0.2) is 15.0 Å². The van der Waals surface area contributed by atoms with Gasteiger partial charge in [0.05, 0.1) is 0 Å². The largest absolute Gasteiger partial charge is 0.456 e. The van der Waals surface area contributed by atoms with Crippen LogP contribution >= 0.6 is 0 Å². The van der Waals surface area contributed by atoms with E-state index in [1.807, 2.05) is 72.8 Å². The van der Waals surface area contributed by atoms with Crippen LogP contribution in [0.4, 0.5) is 0 Å². The molecule has 262 valence electrons. The minimum absolute atomic E-state index is 0.592. The van der Waals surface area contributed by atoms with Crippen molar-refractivity contribution in [3.8, 4) is 67.5 Å². The highest BCUT2D eigenvalue weighted by Gasteiger charge is 2.19. The van der Waals surface area contributed by atoms with Crippen molar-refractivity contribution in [2.24, 2.45) is 0 Å². The Hall–Kier alpha value is -7.63. The van der Waals surface area contributed by atoms with E-state index < -0.39 is 0 Å². The molecule has 0 aliphatic heterocycles. The lowest BCUT2D eigenvalue weighted by Crippen LogP contribution is -2.00. The topological polar surface area (TPSA) is 65.0 Å². The normalized spacial score (nSPS) is 11.6. The van der Waals surface area contributed by atoms with Crippen LogP contribution in [-0.2, 0) is 0 Å². The summed E-state index contributed by atoms with van der Waals surface area (Å²) in [6.07, 6.45) is 0. The Morgan fingerprint density at radius 2 is 0.732 bits per heavy atom. The predicted molar refractivity (Wildman–Crippen MR) is 227 cm³/mol. The molecule has 5 heteroatoms. The van der Waals surface area contributed by atoms with Crippen molar-refractivity contribution < 1.29 is 8.83 Å². The van der Waals surface area contributed by atoms with E-state index in [-0.39, 0.29) is 0 Å². The Balaban J connectivity index is 1.01. The fourth-order valence-corrected chi connectivity index (χ4v) is 7.86. The molecule has 8 aromatic carbocycles. The molecule has 56 heavy (non-hydrogen) atoms. The minimum Gasteiger partial charge on any atom is -0.456 e. The van der Waals surface area contributed by atoms with Crippen molar-refractivity contribution in [1.82, 2.24) is 15.0 Å². The van der Waals surface area contributed by atoms with Gasteiger partial charge in [0.25, 0.3) is 0 Å². The standard InChI is InChI=1S/C51H31N3O2/c1-3-12-32(13-4-1)36-16-9-17-37(30-36)38-28-29-44-42(31-38)47-39(19-10-22-45(47)56-44)33-24-26-35(27-25-33)50-52-49(34-14-5-2-6-15-34)53-51(54-50)41-20-11-23-46-48(41)40-18-7-8-21-43(40)55-46/h1-31H. The molecule has 0 fully saturated rings. The summed E-state index contributed by atoms with van der Waals surface area (Å²) in [6.45, 7) is 0. The number of hydrogen-bond acceptors (Lipinski definition) is 5. The summed E-state index contributed by atoms with van der Waals surface area (Å²) >= 11 is 0. The number of hydrogen-bond donors (Lipinski definition) is 0. The summed E-state index contributed by atoms with van der Waals surface area (Å²) in [6, 6.07) is 64.6. The smallest absolute Gasteiger partial charge is 0.164 e. The lowest BCUT2D eigenvalue weighted by atomic mass is 9.95. The van der Waals surface area contributed by atoms with Crippen LogP contribution in [0.1, 0.15) is 0 Å². The number of para-hydroxylation sites is 1. The van der Waals surface area contributed by atoms with Gasteiger partial charge < -0.3 is 8.83 Å². The summed E-state index contributed by atoms with van der Waals surface area (Å²) in [7, 11) is 0. The van der Waals surface area contributed by atoms with Gasteiger partial charge in [-0.05, 0) is 69.8 Å². The van der Waals surface area contributed by atoms with Crippen LogP contribution in [0.3, 0.4) is 0 Å². The Morgan fingerprint density at radius 3 is 1.46 bits per heavy atom. The average molecular weight is 718 g/mol. The third kappa shape index (κ3) is 5.45. The molecule has 0 unspecified atom stereocenters. The highest BCUT2D eigenvalue weighted by Crippen LogP contribution is 2.40. The second-order valence-corrected chi connectivity index (χ2v) is 14.0. The van der Waals surface area contributed by atoms with Crippen molar-refractivity contribution in [3.05, 3.63) is 188 Å². The van der Waals surface area contributed by atoms with E-state index in [0.717, 1.165) is 82.8 Å². The van der Waals surface area contributed by atoms with E-state index >= 15 is 0 Å². The van der Waals surface area contributed by atoms with Crippen LogP contribution in [-0.4, -0.2) is 15.0 Å². The first kappa shape index (κ1) is 31.9. The van der Waals surface area contributed by atoms with E-state index in [1.54, 1.807) is 0 Å². The van der Waals surface area contributed by atoms with Gasteiger partial charge in [-0.3, -0.25) is 0 Å². The van der Waals surface area contributed by atoms with Gasteiger partial charge in [0.15, 0.2) is 17.5 Å². The monoisotopic (exact) mass is 717 g/mol. The summed E-state index contributed by atoms with van der Waals surface area (Å²) < 4.78 is 12.6. The SMILES string of the molecule is c1ccc(-c2cccc(-c3ccc4oc5cccc(-c6ccc(-c7nc(-c8ccccc8)nc(-c8cccc9oc%10ccccc%10c89)n7)cc6)c5c4c3)c2)cc1. The number of nitrogens with zero attached hydrogens (tertiary/aromatic N) is 3. The van der Waals surface area contributed by atoms with Crippen molar-refractivity contribution in [2.45, 2.75) is 0 Å². The fraction of sp³-hybridized carbons (Fsp3) is 0. The quantitative estimate of drug-likeness (QED) is 0.171. The highest BCUT2D eigenvalue weighted by molar-refractivity contribution is 6.14. The van der Waals surface area contributed by atoms with E-state index in [2.05, 4.69) is 115 Å². The van der Waals surface area contributed by atoms with Crippen molar-refractivity contribution in [3.63, 3.8) is 0 Å². The van der Waals surface area contributed by atoms with Gasteiger partial charge in [0.2, 0.25) is 0 Å². The van der Waals surface area contributed by atoms with Crippen molar-refractivity contribution >= 4 is 43.9 Å². The first-order valence-corrected chi connectivity index (χ1v) is 18.7. The van der Waals surface area contributed by atoms with Gasteiger partial charge >= 0.3 is 0 Å². The third-order valence-electron chi connectivity index (χ3n) is 10.6. The van der Waals surface area contributed by atoms with Gasteiger partial charge in [0, 0.05) is 38.2 Å². The van der Waals surface area contributed by atoms with Crippen LogP contribution in [0.2, 0.25) is 0 Å². The molecule has 5 nitrogen and oxygen atoms in total. The second-order valence-electron chi connectivity index (χ2n) is 14.0. The third-order valence-corrected chi connectivity index (χ3v) is 10.6. The molecule has 0 atom stereocenters. The zero-order valence-corrected chi connectivity index (χ0v) is 30.1. The number of aromatic nitrogens is 3. The molecule has 0 radical (unpaired) electrons. The second kappa shape index (κ2) is 13.0. The van der Waals surface area contributed by atoms with Crippen LogP contribution in [0, 0.1) is 0 Å². The molecule has 3 aromatic heterocycles. The Kier molecular flexibility index (Phi) is 7.42. The first-order chi connectivity index (χ1) is 27.7. The maximum Gasteiger partial charge on any atom is 0.164 e. The van der Waals surface area contributed by atoms with Gasteiger partial charge in [-0.2, -0.15) is 0 Å². The van der Waals surface area contributed by atoms with Crippen molar-refractivity contribution in [2.75, 3.05) is 0 Å². The maximum atomic E-state index is 6.42. The molecular formula is C51H31N3O2. The number of rotatable bonds is 6. The molecule has 11 aromatic rings. The summed E-state index contributed by atoms with van der Waals surface area (Å²) in [5.74, 6) is 1.80. The number of fused-ring (bicyclic) bond motifs is 6. The molecule has 0 bridgehead atoms. The van der Waals surface area contributed by atoms with E-state index in [9.17, 15) is 0 Å². The zero-order valence-electron chi connectivity index (χ0n) is 30.1. The molecule has 0 spiro atoms. The molecule has 0 saturated carbocycles. The molecule has 3 heterocycles. The molecule has 0 aliphatic rings. The molecule has 0 aliphatic carbocycles. The van der Waals surface area contributed by atoms with Crippen LogP contribution < -0.4 is 0 Å². The van der Waals surface area contributed by atoms with Crippen LogP contribution in [0.25, 0.3) is 111 Å². The zero-order chi connectivity index (χ0) is 37.0. The Labute approximate surface area is 322 Å². The average Bonchev–Trinajstić information content (AvgIpc) is 3.85. The maximum absolute atomic E-state index is 6.42. The highest BCUT2D eigenvalue weighted by atomic mass is 16.3. The van der Waals surface area contributed by atoms with Crippen LogP contribution in [0.15, 0.2) is 197 Å². The van der Waals surface area contributed by atoms with Crippen LogP contribution in [0.5, 0.6) is 0 Å². The van der Waals surface area contributed by atoms with Gasteiger partial charge in [0.1, 0.15) is 22.3 Å². The number of furan rings is 2. The van der Waals surface area contributed by atoms with Gasteiger partial charge in [-0.1, -0.05) is 152 Å². The summed E-state index contributed by atoms with van der Waals surface area (Å²) in [5.41, 5.74) is 12.9. The predicted octanol–water partition coefficient (Wildman–Crippen LogP) is 13.7. The lowest BCUT2D eigenvalue weighted by Gasteiger charge is -2.10.